The van der Waals surface area contributed by atoms with Gasteiger partial charge in [0.15, 0.2) is 11.6 Å². The zero-order chi connectivity index (χ0) is 24.2. The number of nitrogens with zero attached hydrogens (tertiary/aromatic N) is 1. The SMILES string of the molecule is CC[C@H](C)[C@H](N)CN(Cc1cccc(F)c1F)C(=O)OCC1c2ccccc2-c2ccccc21. The molecule has 0 fully saturated rings. The highest BCUT2D eigenvalue weighted by molar-refractivity contribution is 5.79. The van der Waals surface area contributed by atoms with Crippen molar-refractivity contribution in [1.29, 1.82) is 0 Å². The van der Waals surface area contributed by atoms with Gasteiger partial charge in [0.1, 0.15) is 6.61 Å². The van der Waals surface area contributed by atoms with Gasteiger partial charge >= 0.3 is 6.09 Å². The van der Waals surface area contributed by atoms with E-state index < -0.39 is 17.7 Å². The lowest BCUT2D eigenvalue weighted by Crippen LogP contribution is -2.44. The van der Waals surface area contributed by atoms with Crippen molar-refractivity contribution in [2.24, 2.45) is 11.7 Å². The van der Waals surface area contributed by atoms with Crippen LogP contribution >= 0.6 is 0 Å². The molecule has 0 heterocycles. The minimum absolute atomic E-state index is 0.0878. The molecule has 4 nitrogen and oxygen atoms in total. The maximum atomic E-state index is 14.4. The number of carbonyl (C=O) groups is 1. The summed E-state index contributed by atoms with van der Waals surface area (Å²) < 4.78 is 33.9. The van der Waals surface area contributed by atoms with Gasteiger partial charge in [0, 0.05) is 24.1 Å². The third kappa shape index (κ3) is 4.82. The van der Waals surface area contributed by atoms with Crippen LogP contribution in [0.15, 0.2) is 66.7 Å². The van der Waals surface area contributed by atoms with Crippen LogP contribution in [-0.2, 0) is 11.3 Å². The number of benzene rings is 3. The van der Waals surface area contributed by atoms with Crippen LogP contribution in [0.3, 0.4) is 0 Å². The second kappa shape index (κ2) is 10.3. The molecule has 178 valence electrons. The van der Waals surface area contributed by atoms with Gasteiger partial charge in [-0.1, -0.05) is 80.9 Å². The number of rotatable bonds is 8. The van der Waals surface area contributed by atoms with E-state index in [-0.39, 0.29) is 43.1 Å². The number of halogens is 2. The highest BCUT2D eigenvalue weighted by Gasteiger charge is 2.30. The maximum absolute atomic E-state index is 14.4. The van der Waals surface area contributed by atoms with E-state index in [2.05, 4.69) is 12.1 Å². The Hall–Kier alpha value is -3.25. The third-order valence-corrected chi connectivity index (χ3v) is 6.79. The van der Waals surface area contributed by atoms with Crippen molar-refractivity contribution in [2.75, 3.05) is 13.2 Å². The van der Waals surface area contributed by atoms with Crippen LogP contribution in [0.2, 0.25) is 0 Å². The number of hydrogen-bond donors (Lipinski definition) is 1. The Bertz CT molecular complexity index is 1120. The second-order valence-corrected chi connectivity index (χ2v) is 8.95. The van der Waals surface area contributed by atoms with Crippen LogP contribution in [0.4, 0.5) is 13.6 Å². The number of nitrogens with two attached hydrogens (primary N) is 1. The fourth-order valence-corrected chi connectivity index (χ4v) is 4.50. The van der Waals surface area contributed by atoms with Gasteiger partial charge in [-0.15, -0.1) is 0 Å². The standard InChI is InChI=1S/C28H30F2N2O2/c1-3-18(2)26(31)16-32(15-19-9-8-14-25(29)27(19)30)28(33)34-17-24-22-12-6-4-10-20(22)21-11-5-7-13-23(21)24/h4-14,18,24,26H,3,15-17,31H2,1-2H3/t18-,26+/m0/s1. The van der Waals surface area contributed by atoms with Gasteiger partial charge in [0.05, 0.1) is 6.54 Å². The summed E-state index contributed by atoms with van der Waals surface area (Å²) in [5.74, 6) is -1.85. The van der Waals surface area contributed by atoms with E-state index in [1.54, 1.807) is 0 Å². The van der Waals surface area contributed by atoms with E-state index in [4.69, 9.17) is 10.5 Å². The highest BCUT2D eigenvalue weighted by atomic mass is 19.2. The van der Waals surface area contributed by atoms with Gasteiger partial charge in [0.2, 0.25) is 0 Å². The second-order valence-electron chi connectivity index (χ2n) is 8.95. The summed E-state index contributed by atoms with van der Waals surface area (Å²) in [6.45, 7) is 4.23. The van der Waals surface area contributed by atoms with Crippen LogP contribution in [-0.4, -0.2) is 30.2 Å². The molecule has 34 heavy (non-hydrogen) atoms. The molecule has 0 saturated carbocycles. The average Bonchev–Trinajstić information content (AvgIpc) is 3.18. The molecule has 0 unspecified atom stereocenters. The predicted molar refractivity (Wildman–Crippen MR) is 129 cm³/mol. The summed E-state index contributed by atoms with van der Waals surface area (Å²) in [7, 11) is 0. The molecule has 1 aliphatic rings. The zero-order valence-corrected chi connectivity index (χ0v) is 19.5. The molecular weight excluding hydrogens is 434 g/mol. The summed E-state index contributed by atoms with van der Waals surface area (Å²) >= 11 is 0. The minimum Gasteiger partial charge on any atom is -0.448 e. The first-order valence-corrected chi connectivity index (χ1v) is 11.7. The lowest BCUT2D eigenvalue weighted by atomic mass is 9.98. The number of hydrogen-bond acceptors (Lipinski definition) is 3. The van der Waals surface area contributed by atoms with Crippen molar-refractivity contribution < 1.29 is 18.3 Å². The molecule has 1 amide bonds. The summed E-state index contributed by atoms with van der Waals surface area (Å²) in [4.78, 5) is 14.6. The Morgan fingerprint density at radius 3 is 2.24 bits per heavy atom. The highest BCUT2D eigenvalue weighted by Crippen LogP contribution is 2.44. The lowest BCUT2D eigenvalue weighted by Gasteiger charge is -2.28. The average molecular weight is 465 g/mol. The fraction of sp³-hybridized carbons (Fsp3) is 0.321. The van der Waals surface area contributed by atoms with Crippen LogP contribution in [0.1, 0.15) is 42.9 Å². The van der Waals surface area contributed by atoms with Gasteiger partial charge in [-0.25, -0.2) is 13.6 Å². The van der Waals surface area contributed by atoms with E-state index in [9.17, 15) is 13.6 Å². The molecule has 0 spiro atoms. The largest absolute Gasteiger partial charge is 0.448 e. The van der Waals surface area contributed by atoms with Crippen molar-refractivity contribution in [3.05, 3.63) is 95.1 Å². The summed E-state index contributed by atoms with van der Waals surface area (Å²) in [5, 5.41) is 0. The van der Waals surface area contributed by atoms with Gasteiger partial charge in [-0.3, -0.25) is 0 Å². The van der Waals surface area contributed by atoms with Gasteiger partial charge in [-0.2, -0.15) is 0 Å². The van der Waals surface area contributed by atoms with Gasteiger partial charge < -0.3 is 15.4 Å². The molecule has 0 radical (unpaired) electrons. The number of carbonyl (C=O) groups excluding carboxylic acids is 1. The Morgan fingerprint density at radius 2 is 1.62 bits per heavy atom. The number of amides is 1. The van der Waals surface area contributed by atoms with Crippen molar-refractivity contribution in [3.8, 4) is 11.1 Å². The first-order chi connectivity index (χ1) is 16.4. The molecule has 0 aromatic heterocycles. The van der Waals surface area contributed by atoms with E-state index in [0.717, 1.165) is 34.7 Å². The van der Waals surface area contributed by atoms with Crippen molar-refractivity contribution in [3.63, 3.8) is 0 Å². The monoisotopic (exact) mass is 464 g/mol. The Morgan fingerprint density at radius 1 is 1.00 bits per heavy atom. The van der Waals surface area contributed by atoms with Crippen molar-refractivity contribution in [1.82, 2.24) is 4.90 Å². The molecule has 0 saturated heterocycles. The Kier molecular flexibility index (Phi) is 7.27. The molecule has 3 aromatic rings. The molecule has 6 heteroatoms. The topological polar surface area (TPSA) is 55.6 Å². The molecule has 1 aliphatic carbocycles. The van der Waals surface area contributed by atoms with E-state index in [0.29, 0.717) is 0 Å². The summed E-state index contributed by atoms with van der Waals surface area (Å²) in [5.41, 5.74) is 10.9. The fourth-order valence-electron chi connectivity index (χ4n) is 4.50. The van der Waals surface area contributed by atoms with Crippen LogP contribution in [0.25, 0.3) is 11.1 Å². The van der Waals surface area contributed by atoms with Crippen LogP contribution < -0.4 is 5.73 Å². The maximum Gasteiger partial charge on any atom is 0.410 e. The van der Waals surface area contributed by atoms with E-state index in [1.165, 1.54) is 17.0 Å². The van der Waals surface area contributed by atoms with E-state index in [1.807, 2.05) is 50.2 Å². The smallest absolute Gasteiger partial charge is 0.410 e. The molecular formula is C28H30F2N2O2. The van der Waals surface area contributed by atoms with Crippen LogP contribution in [0.5, 0.6) is 0 Å². The summed E-state index contributed by atoms with van der Waals surface area (Å²) in [6.07, 6.45) is 0.248. The predicted octanol–water partition coefficient (Wildman–Crippen LogP) is 6.09. The normalized spacial score (nSPS) is 14.3. The van der Waals surface area contributed by atoms with Gasteiger partial charge in [-0.05, 0) is 34.2 Å². The molecule has 2 atom stereocenters. The quantitative estimate of drug-likeness (QED) is 0.439. The molecule has 0 bridgehead atoms. The van der Waals surface area contributed by atoms with Crippen molar-refractivity contribution in [2.45, 2.75) is 38.8 Å². The Labute approximate surface area is 199 Å². The number of fused-ring (bicyclic) bond motifs is 3. The van der Waals surface area contributed by atoms with Crippen LogP contribution in [0, 0.1) is 17.6 Å². The first-order valence-electron chi connectivity index (χ1n) is 11.7. The van der Waals surface area contributed by atoms with E-state index >= 15 is 0 Å². The van der Waals surface area contributed by atoms with Gasteiger partial charge in [0.25, 0.3) is 0 Å². The first kappa shape index (κ1) is 23.9. The molecule has 3 aromatic carbocycles. The third-order valence-electron chi connectivity index (χ3n) is 6.79. The minimum atomic E-state index is -0.962. The Balaban J connectivity index is 1.54. The number of ether oxygens (including phenoxy) is 1. The molecule has 2 N–H and O–H groups in total. The molecule has 4 rings (SSSR count). The summed E-state index contributed by atoms with van der Waals surface area (Å²) in [6, 6.07) is 19.8. The van der Waals surface area contributed by atoms with Crippen molar-refractivity contribution >= 4 is 6.09 Å². The molecule has 0 aliphatic heterocycles. The lowest BCUT2D eigenvalue weighted by molar-refractivity contribution is 0.0919. The zero-order valence-electron chi connectivity index (χ0n) is 19.5.